The van der Waals surface area contributed by atoms with Gasteiger partial charge in [-0.05, 0) is 57.3 Å². The molecule has 2 aliphatic carbocycles. The fourth-order valence-corrected chi connectivity index (χ4v) is 3.77. The van der Waals surface area contributed by atoms with E-state index in [2.05, 4.69) is 26.8 Å². The van der Waals surface area contributed by atoms with E-state index in [1.807, 2.05) is 13.0 Å². The summed E-state index contributed by atoms with van der Waals surface area (Å²) in [6.07, 6.45) is 9.93. The highest BCUT2D eigenvalue weighted by Crippen LogP contribution is 2.44. The molecular formula is C22H30O4. The normalized spacial score (nSPS) is 27.4. The SMILES string of the molecule is COC1=CC(=O)C(O)=C(C/C=C(\C)CCC2(C)CCC=C(C)[C@H]2C)C1=O. The van der Waals surface area contributed by atoms with E-state index in [1.165, 1.54) is 24.7 Å². The number of ketones is 2. The van der Waals surface area contributed by atoms with Gasteiger partial charge in [0.2, 0.25) is 11.6 Å². The molecule has 0 saturated heterocycles. The zero-order valence-corrected chi connectivity index (χ0v) is 16.5. The number of Topliss-reactive ketones (excluding diaryl/α,β-unsaturated/α-hetero) is 1. The second-order valence-corrected chi connectivity index (χ2v) is 7.85. The number of carbonyl (C=O) groups excluding carboxylic acids is 2. The smallest absolute Gasteiger partial charge is 0.227 e. The van der Waals surface area contributed by atoms with Crippen molar-refractivity contribution in [1.82, 2.24) is 0 Å². The first kappa shape index (κ1) is 20.2. The summed E-state index contributed by atoms with van der Waals surface area (Å²) in [4.78, 5) is 24.0. The minimum Gasteiger partial charge on any atom is -0.504 e. The predicted molar refractivity (Wildman–Crippen MR) is 103 cm³/mol. The van der Waals surface area contributed by atoms with Crippen LogP contribution in [-0.2, 0) is 14.3 Å². The maximum absolute atomic E-state index is 12.3. The van der Waals surface area contributed by atoms with Gasteiger partial charge in [0.15, 0.2) is 11.5 Å². The largest absolute Gasteiger partial charge is 0.504 e. The summed E-state index contributed by atoms with van der Waals surface area (Å²) in [7, 11) is 1.35. The van der Waals surface area contributed by atoms with Crippen molar-refractivity contribution in [2.24, 2.45) is 11.3 Å². The number of rotatable bonds is 6. The van der Waals surface area contributed by atoms with Gasteiger partial charge < -0.3 is 9.84 Å². The van der Waals surface area contributed by atoms with Crippen molar-refractivity contribution in [3.8, 4) is 0 Å². The van der Waals surface area contributed by atoms with Crippen molar-refractivity contribution in [3.63, 3.8) is 0 Å². The van der Waals surface area contributed by atoms with E-state index in [0.717, 1.165) is 25.3 Å². The van der Waals surface area contributed by atoms with Crippen LogP contribution in [0.15, 0.2) is 46.5 Å². The number of allylic oxidation sites excluding steroid dienone is 6. The number of ether oxygens (including phenoxy) is 1. The monoisotopic (exact) mass is 358 g/mol. The maximum Gasteiger partial charge on any atom is 0.227 e. The third-order valence-corrected chi connectivity index (χ3v) is 6.15. The summed E-state index contributed by atoms with van der Waals surface area (Å²) >= 11 is 0. The van der Waals surface area contributed by atoms with Crippen LogP contribution in [0.5, 0.6) is 0 Å². The standard InChI is InChI=1S/C22H30O4/c1-14(10-12-22(4)11-6-7-15(2)16(22)3)8-9-17-20(24)18(23)13-19(26-5)21(17)25/h7-8,13,16,24H,6,9-12H2,1-5H3/b14-8+/t16-,22?/m1/s1. The summed E-state index contributed by atoms with van der Waals surface area (Å²) in [5.41, 5.74) is 3.04. The fraction of sp³-hybridized carbons (Fsp3) is 0.545. The van der Waals surface area contributed by atoms with E-state index < -0.39 is 17.3 Å². The van der Waals surface area contributed by atoms with Crippen LogP contribution in [0.2, 0.25) is 0 Å². The van der Waals surface area contributed by atoms with Crippen molar-refractivity contribution in [2.45, 2.75) is 59.8 Å². The molecular weight excluding hydrogens is 328 g/mol. The first-order chi connectivity index (χ1) is 12.2. The predicted octanol–water partition coefficient (Wildman–Crippen LogP) is 4.98. The number of hydrogen-bond donors (Lipinski definition) is 1. The van der Waals surface area contributed by atoms with Crippen LogP contribution in [0.1, 0.15) is 59.8 Å². The Morgan fingerprint density at radius 2 is 2.12 bits per heavy atom. The van der Waals surface area contributed by atoms with Crippen LogP contribution < -0.4 is 0 Å². The Morgan fingerprint density at radius 3 is 2.77 bits per heavy atom. The van der Waals surface area contributed by atoms with Crippen molar-refractivity contribution < 1.29 is 19.4 Å². The van der Waals surface area contributed by atoms with Crippen LogP contribution >= 0.6 is 0 Å². The Balaban J connectivity index is 2.02. The van der Waals surface area contributed by atoms with Gasteiger partial charge in [-0.3, -0.25) is 9.59 Å². The maximum atomic E-state index is 12.3. The van der Waals surface area contributed by atoms with Gasteiger partial charge in [-0.1, -0.05) is 37.1 Å². The van der Waals surface area contributed by atoms with Crippen LogP contribution in [0, 0.1) is 11.3 Å². The van der Waals surface area contributed by atoms with Gasteiger partial charge in [0.05, 0.1) is 12.7 Å². The average molecular weight is 358 g/mol. The molecule has 0 aromatic carbocycles. The summed E-state index contributed by atoms with van der Waals surface area (Å²) in [5.74, 6) is -0.897. The highest BCUT2D eigenvalue weighted by molar-refractivity contribution is 6.20. The van der Waals surface area contributed by atoms with Crippen LogP contribution in [0.4, 0.5) is 0 Å². The second-order valence-electron chi connectivity index (χ2n) is 7.85. The van der Waals surface area contributed by atoms with Gasteiger partial charge in [0, 0.05) is 6.08 Å². The van der Waals surface area contributed by atoms with E-state index in [0.29, 0.717) is 5.92 Å². The molecule has 0 aromatic rings. The molecule has 142 valence electrons. The molecule has 2 rings (SSSR count). The summed E-state index contributed by atoms with van der Waals surface area (Å²) < 4.78 is 4.94. The topological polar surface area (TPSA) is 63.6 Å². The van der Waals surface area contributed by atoms with Crippen molar-refractivity contribution in [1.29, 1.82) is 0 Å². The lowest BCUT2D eigenvalue weighted by Gasteiger charge is -2.40. The van der Waals surface area contributed by atoms with Gasteiger partial charge in [0.25, 0.3) is 0 Å². The Labute approximate surface area is 156 Å². The Kier molecular flexibility index (Phi) is 6.27. The molecule has 4 nitrogen and oxygen atoms in total. The third kappa shape index (κ3) is 4.17. The molecule has 2 atom stereocenters. The lowest BCUT2D eigenvalue weighted by molar-refractivity contribution is -0.119. The third-order valence-electron chi connectivity index (χ3n) is 6.15. The second kappa shape index (κ2) is 8.07. The zero-order valence-electron chi connectivity index (χ0n) is 16.5. The molecule has 0 saturated carbocycles. The molecule has 26 heavy (non-hydrogen) atoms. The molecule has 1 unspecified atom stereocenters. The number of aliphatic hydroxyl groups excluding tert-OH is 1. The van der Waals surface area contributed by atoms with Gasteiger partial charge in [-0.2, -0.15) is 0 Å². The number of methoxy groups -OCH3 is 1. The van der Waals surface area contributed by atoms with Crippen LogP contribution in [-0.4, -0.2) is 23.8 Å². The molecule has 4 heteroatoms. The molecule has 2 aliphatic rings. The highest BCUT2D eigenvalue weighted by Gasteiger charge is 2.33. The Morgan fingerprint density at radius 1 is 1.42 bits per heavy atom. The number of hydrogen-bond acceptors (Lipinski definition) is 4. The lowest BCUT2D eigenvalue weighted by Crippen LogP contribution is -2.29. The minimum atomic E-state index is -0.576. The molecule has 0 heterocycles. The first-order valence-corrected chi connectivity index (χ1v) is 9.28. The molecule has 0 fully saturated rings. The molecule has 1 N–H and O–H groups in total. The van der Waals surface area contributed by atoms with Gasteiger partial charge >= 0.3 is 0 Å². The molecule has 0 radical (unpaired) electrons. The number of aliphatic hydroxyl groups is 1. The van der Waals surface area contributed by atoms with E-state index in [-0.39, 0.29) is 23.2 Å². The lowest BCUT2D eigenvalue weighted by atomic mass is 9.65. The summed E-state index contributed by atoms with van der Waals surface area (Å²) in [5, 5.41) is 9.95. The quantitative estimate of drug-likeness (QED) is 0.537. The highest BCUT2D eigenvalue weighted by atomic mass is 16.5. The molecule has 0 spiro atoms. The van der Waals surface area contributed by atoms with Gasteiger partial charge in [0.1, 0.15) is 0 Å². The van der Waals surface area contributed by atoms with E-state index in [4.69, 9.17) is 4.74 Å². The summed E-state index contributed by atoms with van der Waals surface area (Å²) in [6, 6.07) is 0. The first-order valence-electron chi connectivity index (χ1n) is 9.28. The fourth-order valence-electron chi connectivity index (χ4n) is 3.77. The van der Waals surface area contributed by atoms with Crippen LogP contribution in [0.25, 0.3) is 0 Å². The zero-order chi connectivity index (χ0) is 19.5. The average Bonchev–Trinajstić information content (AvgIpc) is 2.61. The van der Waals surface area contributed by atoms with E-state index >= 15 is 0 Å². The molecule has 0 amide bonds. The molecule has 0 bridgehead atoms. The van der Waals surface area contributed by atoms with Gasteiger partial charge in [-0.25, -0.2) is 0 Å². The van der Waals surface area contributed by atoms with E-state index in [1.54, 1.807) is 0 Å². The van der Waals surface area contributed by atoms with Gasteiger partial charge in [-0.15, -0.1) is 0 Å². The minimum absolute atomic E-state index is 0.0142. The summed E-state index contributed by atoms with van der Waals surface area (Å²) in [6.45, 7) is 8.92. The van der Waals surface area contributed by atoms with Crippen LogP contribution in [0.3, 0.4) is 0 Å². The Hall–Kier alpha value is -2.10. The van der Waals surface area contributed by atoms with Crippen molar-refractivity contribution in [2.75, 3.05) is 7.11 Å². The van der Waals surface area contributed by atoms with E-state index in [9.17, 15) is 14.7 Å². The Bertz CT molecular complexity index is 720. The molecule has 0 aromatic heterocycles. The van der Waals surface area contributed by atoms with Crippen molar-refractivity contribution in [3.05, 3.63) is 46.5 Å². The molecule has 0 aliphatic heterocycles. The van der Waals surface area contributed by atoms with Crippen molar-refractivity contribution >= 4 is 11.6 Å². The number of carbonyl (C=O) groups is 2.